The van der Waals surface area contributed by atoms with Crippen LogP contribution in [0.1, 0.15) is 22.4 Å². The van der Waals surface area contributed by atoms with Crippen LogP contribution in [0.2, 0.25) is 0 Å². The van der Waals surface area contributed by atoms with E-state index in [0.29, 0.717) is 0 Å². The van der Waals surface area contributed by atoms with Gasteiger partial charge in [0, 0.05) is 25.8 Å². The van der Waals surface area contributed by atoms with Crippen LogP contribution in [0, 0.1) is 6.92 Å². The second-order valence-electron chi connectivity index (χ2n) is 5.00. The van der Waals surface area contributed by atoms with Crippen molar-refractivity contribution in [2.75, 3.05) is 6.54 Å². The molecule has 18 heavy (non-hydrogen) atoms. The highest BCUT2D eigenvalue weighted by molar-refractivity contribution is 5.29. The molecule has 2 heteroatoms. The summed E-state index contributed by atoms with van der Waals surface area (Å²) in [6.07, 6.45) is 3.04. The van der Waals surface area contributed by atoms with E-state index in [9.17, 15) is 0 Å². The Balaban J connectivity index is 1.75. The van der Waals surface area contributed by atoms with Crippen LogP contribution in [0.5, 0.6) is 0 Å². The van der Waals surface area contributed by atoms with Crippen LogP contribution in [0.4, 0.5) is 0 Å². The molecule has 0 aliphatic carbocycles. The monoisotopic (exact) mass is 238 g/mol. The van der Waals surface area contributed by atoms with Crippen molar-refractivity contribution >= 4 is 0 Å². The molecule has 1 aliphatic heterocycles. The lowest BCUT2D eigenvalue weighted by atomic mass is 10.00. The molecule has 92 valence electrons. The first-order valence-corrected chi connectivity index (χ1v) is 6.52. The van der Waals surface area contributed by atoms with Gasteiger partial charge in [0.25, 0.3) is 0 Å². The van der Waals surface area contributed by atoms with Crippen molar-refractivity contribution in [3.8, 4) is 0 Å². The fourth-order valence-corrected chi connectivity index (χ4v) is 2.58. The number of pyridine rings is 1. The van der Waals surface area contributed by atoms with E-state index in [1.165, 1.54) is 22.4 Å². The van der Waals surface area contributed by atoms with E-state index in [4.69, 9.17) is 0 Å². The maximum atomic E-state index is 4.49. The Hall–Kier alpha value is -1.67. The van der Waals surface area contributed by atoms with Crippen molar-refractivity contribution in [2.24, 2.45) is 0 Å². The van der Waals surface area contributed by atoms with E-state index in [1.54, 1.807) is 0 Å². The van der Waals surface area contributed by atoms with Crippen LogP contribution in [0.3, 0.4) is 0 Å². The summed E-state index contributed by atoms with van der Waals surface area (Å²) in [6, 6.07) is 12.9. The van der Waals surface area contributed by atoms with Gasteiger partial charge in [-0.25, -0.2) is 0 Å². The third kappa shape index (κ3) is 2.29. The summed E-state index contributed by atoms with van der Waals surface area (Å²) < 4.78 is 0. The SMILES string of the molecule is Cc1cccnc1CN1CCc2ccccc2C1. The molecule has 1 aliphatic rings. The van der Waals surface area contributed by atoms with E-state index < -0.39 is 0 Å². The van der Waals surface area contributed by atoms with Gasteiger partial charge in [0.05, 0.1) is 5.69 Å². The smallest absolute Gasteiger partial charge is 0.0573 e. The first-order chi connectivity index (χ1) is 8.83. The lowest BCUT2D eigenvalue weighted by Crippen LogP contribution is -2.30. The van der Waals surface area contributed by atoms with Crippen LogP contribution < -0.4 is 0 Å². The van der Waals surface area contributed by atoms with Gasteiger partial charge in [0.1, 0.15) is 0 Å². The summed E-state index contributed by atoms with van der Waals surface area (Å²) in [7, 11) is 0. The standard InChI is InChI=1S/C16H18N2/c1-13-5-4-9-17-16(13)12-18-10-8-14-6-2-3-7-15(14)11-18/h2-7,9H,8,10-12H2,1H3. The maximum absolute atomic E-state index is 4.49. The Kier molecular flexibility index (Phi) is 3.11. The zero-order chi connectivity index (χ0) is 12.4. The van der Waals surface area contributed by atoms with Crippen molar-refractivity contribution in [2.45, 2.75) is 26.4 Å². The molecule has 2 nitrogen and oxygen atoms in total. The Labute approximate surface area is 108 Å². The first kappa shape index (κ1) is 11.4. The van der Waals surface area contributed by atoms with Gasteiger partial charge in [-0.1, -0.05) is 30.3 Å². The van der Waals surface area contributed by atoms with E-state index in [0.717, 1.165) is 26.1 Å². The Morgan fingerprint density at radius 1 is 1.11 bits per heavy atom. The number of hydrogen-bond acceptors (Lipinski definition) is 2. The zero-order valence-electron chi connectivity index (χ0n) is 10.8. The fourth-order valence-electron chi connectivity index (χ4n) is 2.58. The zero-order valence-corrected chi connectivity index (χ0v) is 10.8. The summed E-state index contributed by atoms with van der Waals surface area (Å²) in [5, 5.41) is 0. The molecule has 0 N–H and O–H groups in total. The average Bonchev–Trinajstić information content (AvgIpc) is 2.41. The first-order valence-electron chi connectivity index (χ1n) is 6.52. The second-order valence-corrected chi connectivity index (χ2v) is 5.00. The predicted molar refractivity (Wildman–Crippen MR) is 73.2 cm³/mol. The van der Waals surface area contributed by atoms with Gasteiger partial charge in [0.2, 0.25) is 0 Å². The van der Waals surface area contributed by atoms with Crippen LogP contribution in [-0.2, 0) is 19.5 Å². The fraction of sp³-hybridized carbons (Fsp3) is 0.312. The molecule has 2 heterocycles. The number of fused-ring (bicyclic) bond motifs is 1. The Morgan fingerprint density at radius 3 is 2.78 bits per heavy atom. The molecule has 0 atom stereocenters. The number of hydrogen-bond donors (Lipinski definition) is 0. The van der Waals surface area contributed by atoms with Gasteiger partial charge in [-0.3, -0.25) is 9.88 Å². The quantitative estimate of drug-likeness (QED) is 0.799. The molecule has 0 saturated heterocycles. The summed E-state index contributed by atoms with van der Waals surface area (Å²) in [4.78, 5) is 6.97. The van der Waals surface area contributed by atoms with Crippen molar-refractivity contribution < 1.29 is 0 Å². The van der Waals surface area contributed by atoms with Gasteiger partial charge >= 0.3 is 0 Å². The van der Waals surface area contributed by atoms with Crippen LogP contribution >= 0.6 is 0 Å². The second kappa shape index (κ2) is 4.91. The average molecular weight is 238 g/mol. The van der Waals surface area contributed by atoms with Gasteiger partial charge in [-0.2, -0.15) is 0 Å². The predicted octanol–water partition coefficient (Wildman–Crippen LogP) is 2.95. The van der Waals surface area contributed by atoms with Gasteiger partial charge < -0.3 is 0 Å². The summed E-state index contributed by atoms with van der Waals surface area (Å²) in [5.74, 6) is 0. The topological polar surface area (TPSA) is 16.1 Å². The molecular formula is C16H18N2. The minimum Gasteiger partial charge on any atom is -0.293 e. The molecule has 0 spiro atoms. The number of benzene rings is 1. The van der Waals surface area contributed by atoms with Gasteiger partial charge in [-0.05, 0) is 36.1 Å². The van der Waals surface area contributed by atoms with E-state index in [1.807, 2.05) is 12.3 Å². The molecule has 1 aromatic heterocycles. The summed E-state index contributed by atoms with van der Waals surface area (Å²) in [5.41, 5.74) is 5.47. The highest BCUT2D eigenvalue weighted by Gasteiger charge is 2.16. The van der Waals surface area contributed by atoms with Crippen LogP contribution in [0.15, 0.2) is 42.6 Å². The molecule has 0 radical (unpaired) electrons. The molecule has 2 aromatic rings. The summed E-state index contributed by atoms with van der Waals surface area (Å²) in [6.45, 7) is 5.28. The molecule has 0 bridgehead atoms. The minimum absolute atomic E-state index is 0.959. The number of aromatic nitrogens is 1. The van der Waals surface area contributed by atoms with E-state index in [-0.39, 0.29) is 0 Å². The van der Waals surface area contributed by atoms with E-state index in [2.05, 4.69) is 47.1 Å². The van der Waals surface area contributed by atoms with Crippen LogP contribution in [0.25, 0.3) is 0 Å². The minimum atomic E-state index is 0.959. The molecule has 0 unspecified atom stereocenters. The van der Waals surface area contributed by atoms with Crippen molar-refractivity contribution in [3.63, 3.8) is 0 Å². The van der Waals surface area contributed by atoms with Crippen molar-refractivity contribution in [3.05, 3.63) is 65.0 Å². The summed E-state index contributed by atoms with van der Waals surface area (Å²) >= 11 is 0. The van der Waals surface area contributed by atoms with E-state index >= 15 is 0 Å². The molecule has 0 amide bonds. The molecule has 0 fully saturated rings. The lowest BCUT2D eigenvalue weighted by molar-refractivity contribution is 0.242. The number of aryl methyl sites for hydroxylation is 1. The largest absolute Gasteiger partial charge is 0.293 e. The Bertz CT molecular complexity index is 548. The normalized spacial score (nSPS) is 15.4. The number of rotatable bonds is 2. The van der Waals surface area contributed by atoms with Crippen molar-refractivity contribution in [1.82, 2.24) is 9.88 Å². The molecule has 3 rings (SSSR count). The molecular weight excluding hydrogens is 220 g/mol. The lowest BCUT2D eigenvalue weighted by Gasteiger charge is -2.28. The third-order valence-corrected chi connectivity index (χ3v) is 3.70. The highest BCUT2D eigenvalue weighted by Crippen LogP contribution is 2.20. The van der Waals surface area contributed by atoms with Crippen LogP contribution in [-0.4, -0.2) is 16.4 Å². The van der Waals surface area contributed by atoms with Gasteiger partial charge in [0.15, 0.2) is 0 Å². The van der Waals surface area contributed by atoms with Crippen molar-refractivity contribution in [1.29, 1.82) is 0 Å². The number of nitrogens with zero attached hydrogens (tertiary/aromatic N) is 2. The van der Waals surface area contributed by atoms with Gasteiger partial charge in [-0.15, -0.1) is 0 Å². The molecule has 0 saturated carbocycles. The third-order valence-electron chi connectivity index (χ3n) is 3.70. The molecule has 1 aromatic carbocycles. The Morgan fingerprint density at radius 2 is 1.94 bits per heavy atom. The maximum Gasteiger partial charge on any atom is 0.0573 e. The highest BCUT2D eigenvalue weighted by atomic mass is 15.1.